The van der Waals surface area contributed by atoms with E-state index in [2.05, 4.69) is 43.1 Å². The van der Waals surface area contributed by atoms with Crippen LogP contribution in [0.2, 0.25) is 0 Å². The maximum Gasteiger partial charge on any atom is 0.335 e. The van der Waals surface area contributed by atoms with Gasteiger partial charge in [-0.2, -0.15) is 5.10 Å². The quantitative estimate of drug-likeness (QED) is 0.293. The highest BCUT2D eigenvalue weighted by molar-refractivity contribution is 14.1. The molecule has 1 aromatic carbocycles. The number of carbonyl (C=O) groups is 1. The van der Waals surface area contributed by atoms with Gasteiger partial charge in [0.2, 0.25) is 5.88 Å². The Balaban J connectivity index is 1.93. The molecule has 0 bridgehead atoms. The number of hydrogen-bond donors (Lipinski definition) is 3. The van der Waals surface area contributed by atoms with Crippen molar-refractivity contribution in [1.29, 1.82) is 0 Å². The molecule has 2 aromatic heterocycles. The summed E-state index contributed by atoms with van der Waals surface area (Å²) in [5.41, 5.74) is 1.02. The molecule has 0 aliphatic carbocycles. The van der Waals surface area contributed by atoms with Crippen LogP contribution in [0.3, 0.4) is 0 Å². The van der Waals surface area contributed by atoms with E-state index in [0.717, 1.165) is 14.4 Å². The summed E-state index contributed by atoms with van der Waals surface area (Å²) in [6.07, 6.45) is 3.87. The van der Waals surface area contributed by atoms with Crippen molar-refractivity contribution in [3.05, 3.63) is 84.3 Å². The Hall–Kier alpha value is -3.28. The summed E-state index contributed by atoms with van der Waals surface area (Å²) in [5.74, 6) is -1.11. The minimum absolute atomic E-state index is 0.275. The first-order valence-corrected chi connectivity index (χ1v) is 8.63. The number of H-pyrrole nitrogens is 1. The van der Waals surface area contributed by atoms with Crippen molar-refractivity contribution in [3.8, 4) is 11.6 Å². The van der Waals surface area contributed by atoms with Crippen molar-refractivity contribution in [1.82, 2.24) is 20.0 Å². The van der Waals surface area contributed by atoms with Gasteiger partial charge in [0.1, 0.15) is 5.56 Å². The number of carbonyl (C=O) groups excluding carboxylic acids is 1. The van der Waals surface area contributed by atoms with E-state index in [0.29, 0.717) is 11.3 Å². The van der Waals surface area contributed by atoms with Gasteiger partial charge in [-0.05, 0) is 59.0 Å². The molecule has 10 heteroatoms. The number of amides is 1. The van der Waals surface area contributed by atoms with Gasteiger partial charge >= 0.3 is 5.69 Å². The van der Waals surface area contributed by atoms with Crippen LogP contribution < -0.4 is 16.7 Å². The molecule has 3 aromatic rings. The minimum Gasteiger partial charge on any atom is -0.493 e. The fourth-order valence-corrected chi connectivity index (χ4v) is 2.57. The third kappa shape index (κ3) is 4.11. The van der Waals surface area contributed by atoms with Gasteiger partial charge < -0.3 is 5.11 Å². The molecule has 3 N–H and O–H groups in total. The second-order valence-electron chi connectivity index (χ2n) is 5.24. The molecule has 0 atom stereocenters. The first kappa shape index (κ1) is 18.5. The maximum atomic E-state index is 12.1. The Morgan fingerprint density at radius 1 is 1.19 bits per heavy atom. The van der Waals surface area contributed by atoms with Crippen molar-refractivity contribution < 1.29 is 9.90 Å². The SMILES string of the molecule is O=C(N/N=C/c1c(O)n(-c2ccc(I)cc2)c(=O)[nH]c1=O)c1ccncc1. The summed E-state index contributed by atoms with van der Waals surface area (Å²) in [6.45, 7) is 0. The topological polar surface area (TPSA) is 129 Å². The summed E-state index contributed by atoms with van der Waals surface area (Å²) in [5, 5.41) is 14.1. The highest BCUT2D eigenvalue weighted by Gasteiger charge is 2.14. The van der Waals surface area contributed by atoms with Crippen LogP contribution in [-0.2, 0) is 0 Å². The molecule has 0 fully saturated rings. The average molecular weight is 477 g/mol. The lowest BCUT2D eigenvalue weighted by Crippen LogP contribution is -2.31. The predicted octanol–water partition coefficient (Wildman–Crippen LogP) is 0.995. The fourth-order valence-electron chi connectivity index (χ4n) is 2.21. The molecule has 9 nitrogen and oxygen atoms in total. The van der Waals surface area contributed by atoms with Crippen LogP contribution in [0.25, 0.3) is 5.69 Å². The van der Waals surface area contributed by atoms with Gasteiger partial charge in [0.05, 0.1) is 11.9 Å². The smallest absolute Gasteiger partial charge is 0.335 e. The van der Waals surface area contributed by atoms with Gasteiger partial charge in [0.15, 0.2) is 0 Å². The van der Waals surface area contributed by atoms with E-state index >= 15 is 0 Å². The van der Waals surface area contributed by atoms with Gasteiger partial charge in [-0.15, -0.1) is 0 Å². The number of hydrogen-bond acceptors (Lipinski definition) is 6. The molecule has 3 rings (SSSR count). The summed E-state index contributed by atoms with van der Waals surface area (Å²) >= 11 is 2.10. The lowest BCUT2D eigenvalue weighted by molar-refractivity contribution is 0.0955. The second kappa shape index (κ2) is 7.95. The number of halogens is 1. The van der Waals surface area contributed by atoms with Gasteiger partial charge in [0.25, 0.3) is 11.5 Å². The number of nitrogens with one attached hydrogen (secondary N) is 2. The zero-order valence-electron chi connectivity index (χ0n) is 13.6. The summed E-state index contributed by atoms with van der Waals surface area (Å²) in [6, 6.07) is 9.71. The molecule has 2 heterocycles. The first-order chi connectivity index (χ1) is 13.0. The van der Waals surface area contributed by atoms with E-state index in [-0.39, 0.29) is 5.56 Å². The standard InChI is InChI=1S/C17H12IN5O4/c18-11-1-3-12(4-2-11)23-16(26)13(15(25)21-17(23)27)9-20-22-14(24)10-5-7-19-8-6-10/h1-9,26H,(H,22,24)(H,21,25,27)/b20-9+. The van der Waals surface area contributed by atoms with Crippen LogP contribution in [0.4, 0.5) is 0 Å². The zero-order chi connectivity index (χ0) is 19.4. The molecule has 0 saturated heterocycles. The number of aromatic nitrogens is 3. The van der Waals surface area contributed by atoms with E-state index < -0.39 is 23.0 Å². The number of aromatic hydroxyl groups is 1. The summed E-state index contributed by atoms with van der Waals surface area (Å²) in [7, 11) is 0. The van der Waals surface area contributed by atoms with Crippen molar-refractivity contribution in [2.45, 2.75) is 0 Å². The van der Waals surface area contributed by atoms with E-state index in [4.69, 9.17) is 0 Å². The molecular formula is C17H12IN5O4. The Morgan fingerprint density at radius 2 is 1.85 bits per heavy atom. The van der Waals surface area contributed by atoms with Crippen LogP contribution in [0.5, 0.6) is 5.88 Å². The van der Waals surface area contributed by atoms with Gasteiger partial charge in [0, 0.05) is 21.5 Å². The van der Waals surface area contributed by atoms with Crippen molar-refractivity contribution in [2.75, 3.05) is 0 Å². The largest absolute Gasteiger partial charge is 0.493 e. The number of benzene rings is 1. The number of rotatable bonds is 4. The van der Waals surface area contributed by atoms with Crippen molar-refractivity contribution >= 4 is 34.7 Å². The van der Waals surface area contributed by atoms with Crippen LogP contribution in [-0.4, -0.2) is 31.8 Å². The number of pyridine rings is 1. The van der Waals surface area contributed by atoms with Crippen LogP contribution in [0, 0.1) is 3.57 Å². The van der Waals surface area contributed by atoms with E-state index in [9.17, 15) is 19.5 Å². The highest BCUT2D eigenvalue weighted by Crippen LogP contribution is 2.16. The monoisotopic (exact) mass is 477 g/mol. The second-order valence-corrected chi connectivity index (χ2v) is 6.49. The van der Waals surface area contributed by atoms with Crippen molar-refractivity contribution in [3.63, 3.8) is 0 Å². The molecular weight excluding hydrogens is 465 g/mol. The van der Waals surface area contributed by atoms with Crippen LogP contribution >= 0.6 is 22.6 Å². The molecule has 0 aliphatic rings. The van der Waals surface area contributed by atoms with Crippen LogP contribution in [0.15, 0.2) is 63.5 Å². The molecule has 0 radical (unpaired) electrons. The van der Waals surface area contributed by atoms with E-state index in [1.54, 1.807) is 24.3 Å². The Labute approximate surface area is 165 Å². The molecule has 0 saturated carbocycles. The molecule has 0 spiro atoms. The average Bonchev–Trinajstić information content (AvgIpc) is 2.66. The molecule has 0 aliphatic heterocycles. The molecule has 1 amide bonds. The number of hydrazone groups is 1. The third-order valence-electron chi connectivity index (χ3n) is 3.51. The Kier molecular flexibility index (Phi) is 5.45. The third-order valence-corrected chi connectivity index (χ3v) is 4.23. The van der Waals surface area contributed by atoms with E-state index in [1.807, 2.05) is 0 Å². The maximum absolute atomic E-state index is 12.1. The highest BCUT2D eigenvalue weighted by atomic mass is 127. The Morgan fingerprint density at radius 3 is 2.52 bits per heavy atom. The minimum atomic E-state index is -0.832. The van der Waals surface area contributed by atoms with Crippen LogP contribution in [0.1, 0.15) is 15.9 Å². The molecule has 136 valence electrons. The normalized spacial score (nSPS) is 10.9. The summed E-state index contributed by atoms with van der Waals surface area (Å²) in [4.78, 5) is 41.9. The summed E-state index contributed by atoms with van der Waals surface area (Å²) < 4.78 is 1.87. The van der Waals surface area contributed by atoms with Gasteiger partial charge in [-0.3, -0.25) is 19.6 Å². The fraction of sp³-hybridized carbons (Fsp3) is 0. The number of aromatic amines is 1. The zero-order valence-corrected chi connectivity index (χ0v) is 15.7. The molecule has 27 heavy (non-hydrogen) atoms. The lowest BCUT2D eigenvalue weighted by atomic mass is 10.2. The first-order valence-electron chi connectivity index (χ1n) is 7.55. The van der Waals surface area contributed by atoms with Crippen molar-refractivity contribution in [2.24, 2.45) is 5.10 Å². The Bertz CT molecular complexity index is 1120. The van der Waals surface area contributed by atoms with Gasteiger partial charge in [-0.1, -0.05) is 0 Å². The lowest BCUT2D eigenvalue weighted by Gasteiger charge is -2.09. The van der Waals surface area contributed by atoms with Gasteiger partial charge in [-0.25, -0.2) is 14.8 Å². The van der Waals surface area contributed by atoms with E-state index in [1.165, 1.54) is 24.5 Å². The molecule has 0 unspecified atom stereocenters. The number of nitrogens with zero attached hydrogens (tertiary/aromatic N) is 3. The predicted molar refractivity (Wildman–Crippen MR) is 106 cm³/mol.